The van der Waals surface area contributed by atoms with Crippen molar-refractivity contribution in [2.75, 3.05) is 34.4 Å². The van der Waals surface area contributed by atoms with Gasteiger partial charge in [0.05, 0.1) is 27.4 Å². The standard InChI is InChI=1S/C21H26FNO4/c1-25-15-7-8-16(21(12-15)27-3)18-5-4-10-23(18)13-19(24)17-11-14(22)6-9-20(17)26-2/h6-9,11-12,18-19,24H,4-5,10,13H2,1-3H3. The normalized spacial score (nSPS) is 18.3. The van der Waals surface area contributed by atoms with Gasteiger partial charge in [-0.3, -0.25) is 4.90 Å². The van der Waals surface area contributed by atoms with Gasteiger partial charge in [0.15, 0.2) is 0 Å². The number of likely N-dealkylation sites (tertiary alicyclic amines) is 1. The molecule has 1 saturated heterocycles. The molecule has 6 heteroatoms. The van der Waals surface area contributed by atoms with Gasteiger partial charge in [0.2, 0.25) is 0 Å². The Morgan fingerprint density at radius 2 is 1.85 bits per heavy atom. The average Bonchev–Trinajstić information content (AvgIpc) is 3.15. The molecule has 2 aromatic carbocycles. The number of halogens is 1. The van der Waals surface area contributed by atoms with Crippen LogP contribution in [0.3, 0.4) is 0 Å². The Bertz CT molecular complexity index is 783. The molecule has 0 amide bonds. The summed E-state index contributed by atoms with van der Waals surface area (Å²) < 4.78 is 29.8. The van der Waals surface area contributed by atoms with Crippen molar-refractivity contribution in [3.63, 3.8) is 0 Å². The lowest BCUT2D eigenvalue weighted by molar-refractivity contribution is 0.103. The Morgan fingerprint density at radius 3 is 2.56 bits per heavy atom. The Kier molecular flexibility index (Phi) is 6.19. The van der Waals surface area contributed by atoms with E-state index in [-0.39, 0.29) is 11.9 Å². The number of hydrogen-bond acceptors (Lipinski definition) is 5. The Morgan fingerprint density at radius 1 is 1.07 bits per heavy atom. The van der Waals surface area contributed by atoms with Crippen molar-refractivity contribution in [1.29, 1.82) is 0 Å². The molecule has 2 aromatic rings. The van der Waals surface area contributed by atoms with Crippen LogP contribution in [0.1, 0.15) is 36.1 Å². The summed E-state index contributed by atoms with van der Waals surface area (Å²) in [5.41, 5.74) is 1.53. The summed E-state index contributed by atoms with van der Waals surface area (Å²) in [6.45, 7) is 1.24. The van der Waals surface area contributed by atoms with E-state index >= 15 is 0 Å². The Hall–Kier alpha value is -2.31. The molecule has 5 nitrogen and oxygen atoms in total. The molecule has 1 fully saturated rings. The second kappa shape index (κ2) is 8.59. The highest BCUT2D eigenvalue weighted by molar-refractivity contribution is 5.43. The topological polar surface area (TPSA) is 51.2 Å². The van der Waals surface area contributed by atoms with Gasteiger partial charge >= 0.3 is 0 Å². The number of methoxy groups -OCH3 is 3. The van der Waals surface area contributed by atoms with Crippen molar-refractivity contribution in [2.24, 2.45) is 0 Å². The number of ether oxygens (including phenoxy) is 3. The molecule has 0 spiro atoms. The number of aliphatic hydroxyl groups excluding tert-OH is 1. The molecule has 1 N–H and O–H groups in total. The van der Waals surface area contributed by atoms with E-state index in [1.165, 1.54) is 19.2 Å². The number of hydrogen-bond donors (Lipinski definition) is 1. The molecule has 1 aliphatic rings. The van der Waals surface area contributed by atoms with Crippen LogP contribution in [0.4, 0.5) is 4.39 Å². The molecule has 2 unspecified atom stereocenters. The molecule has 27 heavy (non-hydrogen) atoms. The second-order valence-electron chi connectivity index (χ2n) is 6.66. The van der Waals surface area contributed by atoms with Gasteiger partial charge in [0, 0.05) is 29.8 Å². The molecule has 1 aliphatic heterocycles. The first-order valence-electron chi connectivity index (χ1n) is 9.04. The van der Waals surface area contributed by atoms with Gasteiger partial charge in [0.25, 0.3) is 0 Å². The molecular weight excluding hydrogens is 349 g/mol. The summed E-state index contributed by atoms with van der Waals surface area (Å²) in [5, 5.41) is 10.8. The highest BCUT2D eigenvalue weighted by Crippen LogP contribution is 2.40. The molecule has 3 rings (SSSR count). The minimum absolute atomic E-state index is 0.125. The summed E-state index contributed by atoms with van der Waals surface area (Å²) in [6.07, 6.45) is 1.14. The van der Waals surface area contributed by atoms with Crippen LogP contribution in [0.25, 0.3) is 0 Å². The average molecular weight is 375 g/mol. The van der Waals surface area contributed by atoms with Crippen LogP contribution >= 0.6 is 0 Å². The molecule has 0 aliphatic carbocycles. The van der Waals surface area contributed by atoms with Gasteiger partial charge in [-0.05, 0) is 43.7 Å². The third kappa shape index (κ3) is 4.17. The van der Waals surface area contributed by atoms with Crippen LogP contribution < -0.4 is 14.2 Å². The third-order valence-electron chi connectivity index (χ3n) is 5.12. The summed E-state index contributed by atoms with van der Waals surface area (Å²) in [5.74, 6) is 1.61. The maximum atomic E-state index is 13.7. The number of nitrogens with zero attached hydrogens (tertiary/aromatic N) is 1. The predicted octanol–water partition coefficient (Wildman–Crippen LogP) is 3.72. The van der Waals surface area contributed by atoms with Crippen LogP contribution in [0, 0.1) is 5.82 Å². The zero-order valence-electron chi connectivity index (χ0n) is 15.9. The van der Waals surface area contributed by atoms with Gasteiger partial charge in [-0.1, -0.05) is 6.07 Å². The van der Waals surface area contributed by atoms with Crippen molar-refractivity contribution >= 4 is 0 Å². The lowest BCUT2D eigenvalue weighted by atomic mass is 10.0. The van der Waals surface area contributed by atoms with E-state index in [0.29, 0.717) is 17.9 Å². The zero-order valence-corrected chi connectivity index (χ0v) is 15.9. The first-order chi connectivity index (χ1) is 13.1. The van der Waals surface area contributed by atoms with Crippen molar-refractivity contribution < 1.29 is 23.7 Å². The van der Waals surface area contributed by atoms with Crippen LogP contribution in [0.2, 0.25) is 0 Å². The lowest BCUT2D eigenvalue weighted by Crippen LogP contribution is -2.29. The van der Waals surface area contributed by atoms with Gasteiger partial charge in [0.1, 0.15) is 23.1 Å². The molecule has 2 atom stereocenters. The molecule has 0 bridgehead atoms. The largest absolute Gasteiger partial charge is 0.497 e. The van der Waals surface area contributed by atoms with Crippen LogP contribution in [-0.4, -0.2) is 44.4 Å². The molecular formula is C21H26FNO4. The molecule has 146 valence electrons. The summed E-state index contributed by atoms with van der Waals surface area (Å²) >= 11 is 0. The van der Waals surface area contributed by atoms with Crippen LogP contribution in [-0.2, 0) is 0 Å². The fourth-order valence-electron chi connectivity index (χ4n) is 3.78. The fraction of sp³-hybridized carbons (Fsp3) is 0.429. The summed E-state index contributed by atoms with van der Waals surface area (Å²) in [4.78, 5) is 2.21. The molecule has 1 heterocycles. The van der Waals surface area contributed by atoms with E-state index in [1.54, 1.807) is 20.3 Å². The second-order valence-corrected chi connectivity index (χ2v) is 6.66. The Balaban J connectivity index is 1.82. The van der Waals surface area contributed by atoms with Crippen molar-refractivity contribution in [1.82, 2.24) is 4.90 Å². The molecule has 0 radical (unpaired) electrons. The van der Waals surface area contributed by atoms with Crippen LogP contribution in [0.15, 0.2) is 36.4 Å². The van der Waals surface area contributed by atoms with Gasteiger partial charge < -0.3 is 19.3 Å². The van der Waals surface area contributed by atoms with E-state index < -0.39 is 6.10 Å². The zero-order chi connectivity index (χ0) is 19.4. The quantitative estimate of drug-likeness (QED) is 0.799. The predicted molar refractivity (Wildman–Crippen MR) is 101 cm³/mol. The fourth-order valence-corrected chi connectivity index (χ4v) is 3.78. The van der Waals surface area contributed by atoms with Crippen molar-refractivity contribution in [3.8, 4) is 17.2 Å². The first kappa shape index (κ1) is 19.5. The lowest BCUT2D eigenvalue weighted by Gasteiger charge is -2.28. The Labute approximate surface area is 159 Å². The smallest absolute Gasteiger partial charge is 0.127 e. The maximum Gasteiger partial charge on any atom is 0.127 e. The number of β-amino-alcohol motifs (C(OH)–C–C–N with tert-alkyl or cyclic N) is 1. The highest BCUT2D eigenvalue weighted by atomic mass is 19.1. The first-order valence-corrected chi connectivity index (χ1v) is 9.04. The van der Waals surface area contributed by atoms with Crippen LogP contribution in [0.5, 0.6) is 17.2 Å². The van der Waals surface area contributed by atoms with Gasteiger partial charge in [-0.15, -0.1) is 0 Å². The van der Waals surface area contributed by atoms with E-state index in [9.17, 15) is 9.50 Å². The highest BCUT2D eigenvalue weighted by Gasteiger charge is 2.31. The van der Waals surface area contributed by atoms with Crippen molar-refractivity contribution in [2.45, 2.75) is 25.0 Å². The van der Waals surface area contributed by atoms with E-state index in [1.807, 2.05) is 18.2 Å². The molecule has 0 saturated carbocycles. The third-order valence-corrected chi connectivity index (χ3v) is 5.12. The van der Waals surface area contributed by atoms with E-state index in [2.05, 4.69) is 4.90 Å². The number of rotatable bonds is 7. The van der Waals surface area contributed by atoms with Crippen molar-refractivity contribution in [3.05, 3.63) is 53.3 Å². The van der Waals surface area contributed by atoms with Gasteiger partial charge in [-0.25, -0.2) is 4.39 Å². The summed E-state index contributed by atoms with van der Waals surface area (Å²) in [7, 11) is 4.79. The minimum atomic E-state index is -0.847. The number of benzene rings is 2. The monoisotopic (exact) mass is 375 g/mol. The van der Waals surface area contributed by atoms with E-state index in [0.717, 1.165) is 36.4 Å². The molecule has 0 aromatic heterocycles. The van der Waals surface area contributed by atoms with E-state index in [4.69, 9.17) is 14.2 Å². The summed E-state index contributed by atoms with van der Waals surface area (Å²) in [6, 6.07) is 10.1. The minimum Gasteiger partial charge on any atom is -0.497 e. The van der Waals surface area contributed by atoms with Gasteiger partial charge in [-0.2, -0.15) is 0 Å². The maximum absolute atomic E-state index is 13.7. The number of aliphatic hydroxyl groups is 1. The SMILES string of the molecule is COc1ccc(C2CCCN2CC(O)c2cc(F)ccc2OC)c(OC)c1.